The van der Waals surface area contributed by atoms with Gasteiger partial charge < -0.3 is 9.72 Å². The standard InChI is InChI=1S/C19H21N5O/c1-12-9-13(2)24-8-6-14(17(24)22-12)18(25)23-19(3)7-4-5-16-15(19)10-20-11-21-16/h6,8-11H,4-5,7H2,1-3H3,(H,23,25). The summed E-state index contributed by atoms with van der Waals surface area (Å²) in [7, 11) is 0. The number of fused-ring (bicyclic) bond motifs is 2. The van der Waals surface area contributed by atoms with Gasteiger partial charge in [0.2, 0.25) is 0 Å². The van der Waals surface area contributed by atoms with Gasteiger partial charge >= 0.3 is 0 Å². The molecule has 0 saturated carbocycles. The van der Waals surface area contributed by atoms with Gasteiger partial charge in [-0.25, -0.2) is 15.0 Å². The van der Waals surface area contributed by atoms with E-state index in [0.29, 0.717) is 11.2 Å². The van der Waals surface area contributed by atoms with Gasteiger partial charge in [0, 0.05) is 35.0 Å². The maximum absolute atomic E-state index is 13.0. The van der Waals surface area contributed by atoms with Crippen LogP contribution >= 0.6 is 0 Å². The fraction of sp³-hybridized carbons (Fsp3) is 0.368. The lowest BCUT2D eigenvalue weighted by atomic mass is 9.80. The minimum atomic E-state index is -0.459. The Bertz CT molecular complexity index is 977. The predicted molar refractivity (Wildman–Crippen MR) is 94.5 cm³/mol. The Hall–Kier alpha value is -2.76. The van der Waals surface area contributed by atoms with Crippen LogP contribution in [-0.4, -0.2) is 25.3 Å². The van der Waals surface area contributed by atoms with Crippen molar-refractivity contribution in [2.75, 3.05) is 0 Å². The Balaban J connectivity index is 1.72. The molecular formula is C19H21N5O. The number of hydrogen-bond acceptors (Lipinski definition) is 4. The maximum atomic E-state index is 13.0. The zero-order valence-electron chi connectivity index (χ0n) is 14.7. The zero-order valence-corrected chi connectivity index (χ0v) is 14.7. The highest BCUT2D eigenvalue weighted by atomic mass is 16.1. The molecule has 0 saturated heterocycles. The number of amides is 1. The smallest absolute Gasteiger partial charge is 0.255 e. The van der Waals surface area contributed by atoms with Crippen LogP contribution in [0.25, 0.3) is 5.65 Å². The molecule has 1 unspecified atom stereocenters. The first-order chi connectivity index (χ1) is 12.0. The first kappa shape index (κ1) is 15.7. The molecule has 128 valence electrons. The number of carbonyl (C=O) groups excluding carboxylic acids is 1. The van der Waals surface area contributed by atoms with E-state index in [1.165, 1.54) is 0 Å². The molecule has 1 amide bonds. The average molecular weight is 335 g/mol. The molecule has 0 spiro atoms. The highest BCUT2D eigenvalue weighted by molar-refractivity contribution is 6.00. The van der Waals surface area contributed by atoms with Gasteiger partial charge in [-0.1, -0.05) is 0 Å². The third kappa shape index (κ3) is 2.58. The molecule has 3 aromatic rings. The van der Waals surface area contributed by atoms with E-state index in [9.17, 15) is 4.79 Å². The fourth-order valence-corrected chi connectivity index (χ4v) is 3.78. The van der Waals surface area contributed by atoms with Gasteiger partial charge in [0.15, 0.2) is 0 Å². The molecule has 6 heteroatoms. The number of carbonyl (C=O) groups is 1. The van der Waals surface area contributed by atoms with Gasteiger partial charge in [0.1, 0.15) is 12.0 Å². The largest absolute Gasteiger partial charge is 0.343 e. The molecule has 1 aliphatic rings. The highest BCUT2D eigenvalue weighted by Gasteiger charge is 2.35. The molecule has 0 fully saturated rings. The van der Waals surface area contributed by atoms with Gasteiger partial charge in [0.25, 0.3) is 5.91 Å². The van der Waals surface area contributed by atoms with E-state index in [1.54, 1.807) is 6.33 Å². The minimum absolute atomic E-state index is 0.112. The van der Waals surface area contributed by atoms with E-state index < -0.39 is 5.54 Å². The molecular weight excluding hydrogens is 314 g/mol. The van der Waals surface area contributed by atoms with Crippen LogP contribution in [0.4, 0.5) is 0 Å². The van der Waals surface area contributed by atoms with Gasteiger partial charge in [-0.3, -0.25) is 4.79 Å². The number of aromatic nitrogens is 4. The third-order valence-corrected chi connectivity index (χ3v) is 5.05. The van der Waals surface area contributed by atoms with Crippen LogP contribution in [0.1, 0.15) is 52.8 Å². The topological polar surface area (TPSA) is 72.2 Å². The van der Waals surface area contributed by atoms with Crippen molar-refractivity contribution in [3.05, 3.63) is 59.1 Å². The lowest BCUT2D eigenvalue weighted by Gasteiger charge is -2.35. The molecule has 6 nitrogen and oxygen atoms in total. The van der Waals surface area contributed by atoms with Gasteiger partial charge in [-0.2, -0.15) is 0 Å². The molecule has 1 N–H and O–H groups in total. The average Bonchev–Trinajstić information content (AvgIpc) is 2.99. The molecule has 3 aromatic heterocycles. The van der Waals surface area contributed by atoms with Crippen molar-refractivity contribution in [3.63, 3.8) is 0 Å². The van der Waals surface area contributed by atoms with Crippen molar-refractivity contribution in [2.24, 2.45) is 0 Å². The summed E-state index contributed by atoms with van der Waals surface area (Å²) in [4.78, 5) is 26.1. The van der Waals surface area contributed by atoms with Crippen LogP contribution in [0.15, 0.2) is 30.9 Å². The summed E-state index contributed by atoms with van der Waals surface area (Å²) >= 11 is 0. The second kappa shape index (κ2) is 5.65. The quantitative estimate of drug-likeness (QED) is 0.781. The van der Waals surface area contributed by atoms with Crippen LogP contribution in [0, 0.1) is 13.8 Å². The molecule has 1 aliphatic carbocycles. The SMILES string of the molecule is Cc1cc(C)n2ccc(C(=O)NC3(C)CCCc4ncncc43)c2n1. The van der Waals surface area contributed by atoms with E-state index in [1.807, 2.05) is 42.8 Å². The van der Waals surface area contributed by atoms with E-state index in [0.717, 1.165) is 41.9 Å². The number of aryl methyl sites for hydroxylation is 3. The van der Waals surface area contributed by atoms with Crippen LogP contribution < -0.4 is 5.32 Å². The summed E-state index contributed by atoms with van der Waals surface area (Å²) in [6, 6.07) is 3.84. The Morgan fingerprint density at radius 1 is 1.36 bits per heavy atom. The second-order valence-corrected chi connectivity index (χ2v) is 6.98. The van der Waals surface area contributed by atoms with Crippen LogP contribution in [-0.2, 0) is 12.0 Å². The predicted octanol–water partition coefficient (Wildman–Crippen LogP) is 2.72. The molecule has 0 aromatic carbocycles. The normalized spacial score (nSPS) is 19.6. The molecule has 25 heavy (non-hydrogen) atoms. The Labute approximate surface area is 146 Å². The van der Waals surface area contributed by atoms with Crippen LogP contribution in [0.2, 0.25) is 0 Å². The first-order valence-corrected chi connectivity index (χ1v) is 8.55. The lowest BCUT2D eigenvalue weighted by Crippen LogP contribution is -2.46. The highest BCUT2D eigenvalue weighted by Crippen LogP contribution is 2.33. The summed E-state index contributed by atoms with van der Waals surface area (Å²) in [6.07, 6.45) is 8.09. The number of nitrogens with one attached hydrogen (secondary N) is 1. The van der Waals surface area contributed by atoms with E-state index in [2.05, 4.69) is 27.2 Å². The van der Waals surface area contributed by atoms with Gasteiger partial charge in [-0.05, 0) is 52.2 Å². The second-order valence-electron chi connectivity index (χ2n) is 6.98. The molecule has 4 rings (SSSR count). The Morgan fingerprint density at radius 3 is 3.04 bits per heavy atom. The summed E-state index contributed by atoms with van der Waals surface area (Å²) in [5, 5.41) is 3.21. The molecule has 3 heterocycles. The molecule has 0 bridgehead atoms. The van der Waals surface area contributed by atoms with Crippen molar-refractivity contribution in [3.8, 4) is 0 Å². The fourth-order valence-electron chi connectivity index (χ4n) is 3.78. The Kier molecular flexibility index (Phi) is 3.56. The van der Waals surface area contributed by atoms with Crippen LogP contribution in [0.5, 0.6) is 0 Å². The zero-order chi connectivity index (χ0) is 17.6. The minimum Gasteiger partial charge on any atom is -0.343 e. The monoisotopic (exact) mass is 335 g/mol. The van der Waals surface area contributed by atoms with E-state index >= 15 is 0 Å². The number of nitrogens with zero attached hydrogens (tertiary/aromatic N) is 4. The summed E-state index contributed by atoms with van der Waals surface area (Å²) in [5.74, 6) is -0.112. The molecule has 0 radical (unpaired) electrons. The number of rotatable bonds is 2. The number of hydrogen-bond donors (Lipinski definition) is 1. The van der Waals surface area contributed by atoms with Crippen molar-refractivity contribution in [2.45, 2.75) is 45.6 Å². The molecule has 1 atom stereocenters. The van der Waals surface area contributed by atoms with Crippen molar-refractivity contribution >= 4 is 11.6 Å². The van der Waals surface area contributed by atoms with Crippen molar-refractivity contribution in [1.82, 2.24) is 24.7 Å². The summed E-state index contributed by atoms with van der Waals surface area (Å²) in [5.41, 5.74) is 4.83. The summed E-state index contributed by atoms with van der Waals surface area (Å²) in [6.45, 7) is 6.01. The van der Waals surface area contributed by atoms with Crippen LogP contribution in [0.3, 0.4) is 0 Å². The third-order valence-electron chi connectivity index (χ3n) is 5.05. The molecule has 0 aliphatic heterocycles. The van der Waals surface area contributed by atoms with Crippen molar-refractivity contribution in [1.29, 1.82) is 0 Å². The lowest BCUT2D eigenvalue weighted by molar-refractivity contribution is 0.0896. The van der Waals surface area contributed by atoms with E-state index in [-0.39, 0.29) is 5.91 Å². The van der Waals surface area contributed by atoms with Gasteiger partial charge in [0.05, 0.1) is 11.1 Å². The van der Waals surface area contributed by atoms with Gasteiger partial charge in [-0.15, -0.1) is 0 Å². The summed E-state index contributed by atoms with van der Waals surface area (Å²) < 4.78 is 1.95. The Morgan fingerprint density at radius 2 is 2.20 bits per heavy atom. The first-order valence-electron chi connectivity index (χ1n) is 8.55. The van der Waals surface area contributed by atoms with E-state index in [4.69, 9.17) is 0 Å². The van der Waals surface area contributed by atoms with Crippen molar-refractivity contribution < 1.29 is 4.79 Å². The maximum Gasteiger partial charge on any atom is 0.255 e.